The van der Waals surface area contributed by atoms with Crippen molar-refractivity contribution in [1.82, 2.24) is 4.90 Å². The maximum Gasteiger partial charge on any atom is 0.119 e. The van der Waals surface area contributed by atoms with Crippen LogP contribution in [0.25, 0.3) is 0 Å². The van der Waals surface area contributed by atoms with Crippen LogP contribution in [0.4, 0.5) is 0 Å². The van der Waals surface area contributed by atoms with Gasteiger partial charge >= 0.3 is 0 Å². The van der Waals surface area contributed by atoms with Crippen molar-refractivity contribution in [3.05, 3.63) is 29.8 Å². The van der Waals surface area contributed by atoms with Crippen molar-refractivity contribution in [2.24, 2.45) is 5.73 Å². The number of hydrogen-bond donors (Lipinski definition) is 3. The van der Waals surface area contributed by atoms with Gasteiger partial charge in [0.05, 0.1) is 0 Å². The Bertz CT molecular complexity index is 399. The molecule has 0 saturated heterocycles. The number of nitrogens with zero attached hydrogens (tertiary/aromatic N) is 1. The number of aliphatic hydroxyl groups excluding tert-OH is 2. The van der Waals surface area contributed by atoms with Gasteiger partial charge < -0.3 is 20.7 Å². The highest BCUT2D eigenvalue weighted by molar-refractivity contribution is 5.28. The Hall–Kier alpha value is -1.14. The molecule has 21 heavy (non-hydrogen) atoms. The van der Waals surface area contributed by atoms with Crippen LogP contribution in [0.5, 0.6) is 5.75 Å². The molecule has 0 amide bonds. The zero-order valence-corrected chi connectivity index (χ0v) is 13.0. The molecule has 0 spiro atoms. The zero-order chi connectivity index (χ0) is 15.7. The highest BCUT2D eigenvalue weighted by atomic mass is 16.5. The van der Waals surface area contributed by atoms with Gasteiger partial charge in [0.25, 0.3) is 0 Å². The molecule has 120 valence electrons. The van der Waals surface area contributed by atoms with Crippen molar-refractivity contribution in [1.29, 1.82) is 0 Å². The largest absolute Gasteiger partial charge is 0.491 e. The summed E-state index contributed by atoms with van der Waals surface area (Å²) < 4.78 is 5.61. The summed E-state index contributed by atoms with van der Waals surface area (Å²) in [7, 11) is 0. The third-order valence-corrected chi connectivity index (χ3v) is 3.36. The second kappa shape index (κ2) is 9.73. The lowest BCUT2D eigenvalue weighted by molar-refractivity contribution is 0.0549. The van der Waals surface area contributed by atoms with Crippen LogP contribution in [0.15, 0.2) is 24.3 Å². The summed E-state index contributed by atoms with van der Waals surface area (Å²) in [6.07, 6.45) is 0.150. The van der Waals surface area contributed by atoms with Gasteiger partial charge in [0.1, 0.15) is 18.5 Å². The van der Waals surface area contributed by atoms with E-state index in [4.69, 9.17) is 15.6 Å². The highest BCUT2D eigenvalue weighted by Crippen LogP contribution is 2.13. The summed E-state index contributed by atoms with van der Waals surface area (Å²) in [6, 6.07) is 7.91. The maximum absolute atomic E-state index is 10.1. The predicted octanol–water partition coefficient (Wildman–Crippen LogP) is 0.978. The molecule has 1 aromatic rings. The Balaban J connectivity index is 2.42. The molecule has 0 radical (unpaired) electrons. The molecule has 1 aromatic carbocycles. The summed E-state index contributed by atoms with van der Waals surface area (Å²) in [5, 5.41) is 19.0. The molecule has 0 aliphatic carbocycles. The molecule has 1 rings (SSSR count). The van der Waals surface area contributed by atoms with Crippen molar-refractivity contribution in [2.45, 2.75) is 39.0 Å². The van der Waals surface area contributed by atoms with E-state index in [1.165, 1.54) is 0 Å². The zero-order valence-electron chi connectivity index (χ0n) is 13.0. The standard InChI is InChI=1S/C16H28N2O3/c1-13(2)18(7-4-8-19)11-15(20)12-21-16-6-3-5-14(9-16)10-17/h3,5-6,9,13,15,19-20H,4,7-8,10-12,17H2,1-2H3. The fraction of sp³-hybridized carbons (Fsp3) is 0.625. The van der Waals surface area contributed by atoms with E-state index < -0.39 is 6.10 Å². The van der Waals surface area contributed by atoms with Crippen LogP contribution >= 0.6 is 0 Å². The van der Waals surface area contributed by atoms with Gasteiger partial charge in [-0.05, 0) is 38.0 Å². The van der Waals surface area contributed by atoms with Crippen LogP contribution in [0.2, 0.25) is 0 Å². The number of nitrogens with two attached hydrogens (primary N) is 1. The summed E-state index contributed by atoms with van der Waals surface area (Å²) in [4.78, 5) is 2.14. The summed E-state index contributed by atoms with van der Waals surface area (Å²) >= 11 is 0. The lowest BCUT2D eigenvalue weighted by Gasteiger charge is -2.28. The lowest BCUT2D eigenvalue weighted by Crippen LogP contribution is -2.40. The first-order valence-electron chi connectivity index (χ1n) is 7.51. The molecular weight excluding hydrogens is 268 g/mol. The SMILES string of the molecule is CC(C)N(CCCO)CC(O)COc1cccc(CN)c1. The van der Waals surface area contributed by atoms with E-state index in [2.05, 4.69) is 18.7 Å². The quantitative estimate of drug-likeness (QED) is 0.600. The molecular formula is C16H28N2O3. The molecule has 4 N–H and O–H groups in total. The smallest absolute Gasteiger partial charge is 0.119 e. The monoisotopic (exact) mass is 296 g/mol. The Morgan fingerprint density at radius 2 is 2.10 bits per heavy atom. The van der Waals surface area contributed by atoms with Crippen LogP contribution in [-0.4, -0.2) is 53.6 Å². The van der Waals surface area contributed by atoms with Crippen molar-refractivity contribution in [2.75, 3.05) is 26.3 Å². The predicted molar refractivity (Wildman–Crippen MR) is 84.2 cm³/mol. The summed E-state index contributed by atoms with van der Waals surface area (Å²) in [5.74, 6) is 0.725. The van der Waals surface area contributed by atoms with Gasteiger partial charge in [-0.25, -0.2) is 0 Å². The van der Waals surface area contributed by atoms with Gasteiger partial charge in [0.15, 0.2) is 0 Å². The van der Waals surface area contributed by atoms with E-state index >= 15 is 0 Å². The Morgan fingerprint density at radius 1 is 1.33 bits per heavy atom. The van der Waals surface area contributed by atoms with Crippen molar-refractivity contribution < 1.29 is 14.9 Å². The van der Waals surface area contributed by atoms with E-state index in [9.17, 15) is 5.11 Å². The fourth-order valence-electron chi connectivity index (χ4n) is 2.11. The lowest BCUT2D eigenvalue weighted by atomic mass is 10.2. The minimum Gasteiger partial charge on any atom is -0.491 e. The second-order valence-electron chi connectivity index (χ2n) is 5.48. The van der Waals surface area contributed by atoms with Crippen molar-refractivity contribution >= 4 is 0 Å². The first kappa shape index (κ1) is 17.9. The Morgan fingerprint density at radius 3 is 2.71 bits per heavy atom. The van der Waals surface area contributed by atoms with Crippen molar-refractivity contribution in [3.8, 4) is 5.75 Å². The summed E-state index contributed by atoms with van der Waals surface area (Å²) in [6.45, 7) is 6.35. The molecule has 1 atom stereocenters. The van der Waals surface area contributed by atoms with Crippen LogP contribution in [0.3, 0.4) is 0 Å². The fourth-order valence-corrected chi connectivity index (χ4v) is 2.11. The molecule has 0 heterocycles. The minimum atomic E-state index is -0.562. The molecule has 0 bridgehead atoms. The average Bonchev–Trinajstić information content (AvgIpc) is 2.49. The van der Waals surface area contributed by atoms with Crippen LogP contribution < -0.4 is 10.5 Å². The van der Waals surface area contributed by atoms with Gasteiger partial charge in [0, 0.05) is 32.3 Å². The van der Waals surface area contributed by atoms with Gasteiger partial charge in [-0.2, -0.15) is 0 Å². The second-order valence-corrected chi connectivity index (χ2v) is 5.48. The number of rotatable bonds is 10. The van der Waals surface area contributed by atoms with E-state index in [1.54, 1.807) is 0 Å². The van der Waals surface area contributed by atoms with Crippen molar-refractivity contribution in [3.63, 3.8) is 0 Å². The van der Waals surface area contributed by atoms with Crippen LogP contribution in [0, 0.1) is 0 Å². The molecule has 5 nitrogen and oxygen atoms in total. The van der Waals surface area contributed by atoms with E-state index in [1.807, 2.05) is 24.3 Å². The Labute approximate surface area is 127 Å². The highest BCUT2D eigenvalue weighted by Gasteiger charge is 2.15. The van der Waals surface area contributed by atoms with Gasteiger partial charge in [-0.3, -0.25) is 4.90 Å². The van der Waals surface area contributed by atoms with E-state index in [0.717, 1.165) is 17.9 Å². The number of aliphatic hydroxyl groups is 2. The van der Waals surface area contributed by atoms with Crippen LogP contribution in [-0.2, 0) is 6.54 Å². The summed E-state index contributed by atoms with van der Waals surface area (Å²) in [5.41, 5.74) is 6.60. The topological polar surface area (TPSA) is 79.0 Å². The number of ether oxygens (including phenoxy) is 1. The first-order chi connectivity index (χ1) is 10.1. The number of hydrogen-bond acceptors (Lipinski definition) is 5. The molecule has 1 unspecified atom stereocenters. The molecule has 0 aliphatic rings. The average molecular weight is 296 g/mol. The molecule has 5 heteroatoms. The third-order valence-electron chi connectivity index (χ3n) is 3.36. The molecule has 0 fully saturated rings. The molecule has 0 aliphatic heterocycles. The maximum atomic E-state index is 10.1. The normalized spacial score (nSPS) is 12.9. The van der Waals surface area contributed by atoms with E-state index in [0.29, 0.717) is 25.6 Å². The molecule has 0 aromatic heterocycles. The Kier molecular flexibility index (Phi) is 8.30. The van der Waals surface area contributed by atoms with E-state index in [-0.39, 0.29) is 13.2 Å². The van der Waals surface area contributed by atoms with Gasteiger partial charge in [0.2, 0.25) is 0 Å². The first-order valence-corrected chi connectivity index (χ1v) is 7.51. The van der Waals surface area contributed by atoms with Gasteiger partial charge in [-0.15, -0.1) is 0 Å². The third kappa shape index (κ3) is 6.91. The minimum absolute atomic E-state index is 0.168. The van der Waals surface area contributed by atoms with Crippen LogP contribution in [0.1, 0.15) is 25.8 Å². The number of benzene rings is 1. The molecule has 0 saturated carbocycles. The van der Waals surface area contributed by atoms with Gasteiger partial charge in [-0.1, -0.05) is 12.1 Å².